The average Bonchev–Trinajstić information content (AvgIpc) is 3.67. The monoisotopic (exact) mass is 841 g/mol. The number of oxazole rings is 1. The van der Waals surface area contributed by atoms with Crippen molar-refractivity contribution in [3.8, 4) is 11.5 Å². The number of esters is 1. The van der Waals surface area contributed by atoms with E-state index in [4.69, 9.17) is 21.7 Å². The van der Waals surface area contributed by atoms with Crippen molar-refractivity contribution >= 4 is 80.1 Å². The molecule has 4 aromatic carbocycles. The summed E-state index contributed by atoms with van der Waals surface area (Å²) in [6, 6.07) is 22.8. The van der Waals surface area contributed by atoms with Gasteiger partial charge in [0.15, 0.2) is 18.2 Å². The molecule has 0 spiro atoms. The molecule has 0 unspecified atom stereocenters. The van der Waals surface area contributed by atoms with Gasteiger partial charge < -0.3 is 29.4 Å². The van der Waals surface area contributed by atoms with Gasteiger partial charge in [-0.3, -0.25) is 23.5 Å². The molecule has 6 rings (SSSR count). The van der Waals surface area contributed by atoms with E-state index in [9.17, 15) is 40.3 Å². The zero-order valence-electron chi connectivity index (χ0n) is 31.7. The van der Waals surface area contributed by atoms with E-state index in [1.165, 1.54) is 37.3 Å². The van der Waals surface area contributed by atoms with E-state index in [0.717, 1.165) is 5.56 Å². The molecule has 5 aromatic rings. The van der Waals surface area contributed by atoms with Crippen LogP contribution < -0.4 is 29.6 Å². The number of amides is 2. The van der Waals surface area contributed by atoms with Gasteiger partial charge in [0, 0.05) is 54.5 Å². The van der Waals surface area contributed by atoms with Gasteiger partial charge >= 0.3 is 11.9 Å². The smallest absolute Gasteiger partial charge is 0.373 e. The van der Waals surface area contributed by atoms with Crippen molar-refractivity contribution in [2.75, 3.05) is 33.6 Å². The zero-order valence-corrected chi connectivity index (χ0v) is 33.4. The molecule has 19 heteroatoms. The predicted octanol–water partition coefficient (Wildman–Crippen LogP) is 5.26. The lowest BCUT2D eigenvalue weighted by Gasteiger charge is -2.18. The number of rotatable bonds is 15. The van der Waals surface area contributed by atoms with Gasteiger partial charge in [0.05, 0.1) is 17.2 Å². The topological polar surface area (TPSA) is 223 Å². The minimum absolute atomic E-state index is 0.0162. The molecule has 2 radical (unpaired) electrons. The number of anilines is 3. The third-order valence-corrected chi connectivity index (χ3v) is 10.4. The Balaban J connectivity index is 1.30. The third-order valence-electron chi connectivity index (χ3n) is 8.82. The number of hydrogen-bond donors (Lipinski definition) is 4. The number of hydrogen-bond acceptors (Lipinski definition) is 11. The summed E-state index contributed by atoms with van der Waals surface area (Å²) in [6.07, 6.45) is 2.83. The maximum atomic E-state index is 13.3. The average molecular weight is 842 g/mol. The van der Waals surface area contributed by atoms with Gasteiger partial charge in [0.2, 0.25) is 5.58 Å². The first-order chi connectivity index (χ1) is 27.9. The number of carbonyl (C=O) groups excluding carboxylic acids is 3. The van der Waals surface area contributed by atoms with Crippen molar-refractivity contribution in [2.45, 2.75) is 33.2 Å². The van der Waals surface area contributed by atoms with Crippen LogP contribution in [-0.2, 0) is 31.6 Å². The molecule has 2 heterocycles. The first-order valence-electron chi connectivity index (χ1n) is 18.0. The Labute approximate surface area is 341 Å². The summed E-state index contributed by atoms with van der Waals surface area (Å²) in [6.45, 7) is 3.25. The van der Waals surface area contributed by atoms with E-state index in [1.807, 2.05) is 19.1 Å². The number of allylic oxidation sites excluding steroid dienone is 2. The summed E-state index contributed by atoms with van der Waals surface area (Å²) in [4.78, 5) is 39.3. The lowest BCUT2D eigenvalue weighted by molar-refractivity contribution is -0.677. The Hall–Kier alpha value is -6.28. The fourth-order valence-corrected chi connectivity index (χ4v) is 7.10. The minimum Gasteiger partial charge on any atom is -0.439 e. The van der Waals surface area contributed by atoms with Crippen LogP contribution in [0, 0.1) is 6.92 Å². The molecule has 0 aliphatic carbocycles. The molecular formula is C40H38BN4O12S2+. The van der Waals surface area contributed by atoms with Crippen LogP contribution in [0.1, 0.15) is 51.9 Å². The van der Waals surface area contributed by atoms with Crippen molar-refractivity contribution < 1.29 is 58.8 Å². The summed E-state index contributed by atoms with van der Waals surface area (Å²) < 4.78 is 84.0. The fraction of sp³-hybridized carbons (Fsp3) is 0.200. The normalized spacial score (nSPS) is 13.6. The second kappa shape index (κ2) is 17.7. The van der Waals surface area contributed by atoms with Crippen LogP contribution in [0.25, 0.3) is 17.2 Å². The van der Waals surface area contributed by atoms with E-state index in [0.29, 0.717) is 39.7 Å². The summed E-state index contributed by atoms with van der Waals surface area (Å²) in [7, 11) is -2.08. The van der Waals surface area contributed by atoms with Gasteiger partial charge in [0.1, 0.15) is 13.6 Å². The van der Waals surface area contributed by atoms with Gasteiger partial charge in [-0.05, 0) is 86.2 Å². The van der Waals surface area contributed by atoms with Gasteiger partial charge in [-0.2, -0.15) is 21.4 Å². The maximum Gasteiger partial charge on any atom is 0.373 e. The van der Waals surface area contributed by atoms with Crippen molar-refractivity contribution in [1.29, 1.82) is 0 Å². The van der Waals surface area contributed by atoms with Crippen LogP contribution in [0.3, 0.4) is 0 Å². The van der Waals surface area contributed by atoms with Crippen LogP contribution in [0.5, 0.6) is 11.5 Å². The van der Waals surface area contributed by atoms with Crippen LogP contribution in [0.15, 0.2) is 107 Å². The second-order valence-corrected chi connectivity index (χ2v) is 16.7. The number of carbonyl (C=O) groups is 3. The predicted molar refractivity (Wildman–Crippen MR) is 220 cm³/mol. The zero-order chi connectivity index (χ0) is 42.5. The lowest BCUT2D eigenvalue weighted by atomic mass is 9.95. The van der Waals surface area contributed by atoms with Crippen LogP contribution in [0.2, 0.25) is 0 Å². The Morgan fingerprint density at radius 3 is 2.05 bits per heavy atom. The number of aromatic nitrogens is 1. The Kier molecular flexibility index (Phi) is 12.7. The van der Waals surface area contributed by atoms with Gasteiger partial charge in [-0.25, -0.2) is 0 Å². The molecule has 1 aliphatic heterocycles. The highest BCUT2D eigenvalue weighted by molar-refractivity contribution is 7.86. The molecule has 16 nitrogen and oxygen atoms in total. The first-order valence-corrected chi connectivity index (χ1v) is 21.3. The molecule has 2 amide bonds. The highest BCUT2D eigenvalue weighted by Crippen LogP contribution is 2.40. The van der Waals surface area contributed by atoms with Crippen LogP contribution >= 0.6 is 0 Å². The molecule has 304 valence electrons. The van der Waals surface area contributed by atoms with Crippen LogP contribution in [-0.4, -0.2) is 69.6 Å². The van der Waals surface area contributed by atoms with E-state index in [1.54, 1.807) is 64.1 Å². The van der Waals surface area contributed by atoms with E-state index < -0.39 is 49.5 Å². The molecule has 0 saturated carbocycles. The SMILES string of the molecule is [B]C(=Cc1oc2ccc(C(=O)Nc3ccc(C)cc3)cc2[n+]1CCCS(=O)(=O)O)C=C1Oc2ccc(C(=O)Nc3ccc(OC(C)=O)cc3)cc2N1CCCS(=O)(=O)O. The van der Waals surface area contributed by atoms with Gasteiger partial charge in [0.25, 0.3) is 37.6 Å². The van der Waals surface area contributed by atoms with Gasteiger partial charge in [-0.1, -0.05) is 23.2 Å². The molecular weight excluding hydrogens is 803 g/mol. The van der Waals surface area contributed by atoms with E-state index >= 15 is 0 Å². The minimum atomic E-state index is -4.31. The quantitative estimate of drug-likeness (QED) is 0.0348. The molecule has 59 heavy (non-hydrogen) atoms. The highest BCUT2D eigenvalue weighted by Gasteiger charge is 2.29. The maximum absolute atomic E-state index is 13.3. The molecule has 0 saturated heterocycles. The highest BCUT2D eigenvalue weighted by atomic mass is 32.2. The summed E-state index contributed by atoms with van der Waals surface area (Å²) >= 11 is 0. The number of fused-ring (bicyclic) bond motifs is 2. The molecule has 0 atom stereocenters. The number of benzene rings is 4. The van der Waals surface area contributed by atoms with E-state index in [2.05, 4.69) is 10.6 Å². The summed E-state index contributed by atoms with van der Waals surface area (Å²) in [5.41, 5.74) is 3.80. The number of ether oxygens (including phenoxy) is 2. The molecule has 1 aliphatic rings. The Morgan fingerprint density at radius 2 is 1.42 bits per heavy atom. The summed E-state index contributed by atoms with van der Waals surface area (Å²) in [5.74, 6) is -1.55. The molecule has 4 N–H and O–H groups in total. The second-order valence-electron chi connectivity index (χ2n) is 13.5. The fourth-order valence-electron chi connectivity index (χ4n) is 6.11. The first kappa shape index (κ1) is 42.3. The van der Waals surface area contributed by atoms with Crippen molar-refractivity contribution in [1.82, 2.24) is 0 Å². The summed E-state index contributed by atoms with van der Waals surface area (Å²) in [5, 5.41) is 5.60. The Morgan fingerprint density at radius 1 is 0.831 bits per heavy atom. The van der Waals surface area contributed by atoms with Crippen molar-refractivity contribution in [3.63, 3.8) is 0 Å². The molecule has 0 fully saturated rings. The molecule has 1 aromatic heterocycles. The lowest BCUT2D eigenvalue weighted by Crippen LogP contribution is -2.36. The van der Waals surface area contributed by atoms with Crippen molar-refractivity contribution in [3.05, 3.63) is 125 Å². The Bertz CT molecular complexity index is 2710. The number of aryl methyl sites for hydroxylation is 2. The number of nitrogens with one attached hydrogen (secondary N) is 2. The third kappa shape index (κ3) is 11.4. The number of nitrogens with zero attached hydrogens (tertiary/aromatic N) is 2. The van der Waals surface area contributed by atoms with E-state index in [-0.39, 0.29) is 54.3 Å². The standard InChI is InChI=1S/C40H37BN4O12S2/c1-25-5-9-30(10-6-25)42-39(47)27-7-15-35-33(21-27)44(17-3-19-58(49,50)51)37(56-35)23-29(41)24-38-45(18-4-20-59(52,53)54)34-22-28(8-16-36(34)57-38)40(48)43-31-11-13-32(14-12-31)55-26(2)46/h5-16,21-24H,3-4,17-20H2,1-2H3,(H3-,42,43,47,48,49,50,51,52,53,54)/p+1. The van der Waals surface area contributed by atoms with Crippen molar-refractivity contribution in [2.24, 2.45) is 0 Å². The van der Waals surface area contributed by atoms with Crippen LogP contribution in [0.4, 0.5) is 17.1 Å². The largest absolute Gasteiger partial charge is 0.439 e. The molecule has 0 bridgehead atoms. The van der Waals surface area contributed by atoms with Gasteiger partial charge in [-0.15, -0.1) is 0 Å².